The fourth-order valence-corrected chi connectivity index (χ4v) is 4.15. The Kier molecular flexibility index (Phi) is 4.53. The maximum absolute atomic E-state index is 13.3. The largest absolute Gasteiger partial charge is 0.399 e. The summed E-state index contributed by atoms with van der Waals surface area (Å²) in [5, 5.41) is 0. The van der Waals surface area contributed by atoms with Crippen LogP contribution < -0.4 is 5.73 Å². The van der Waals surface area contributed by atoms with Crippen molar-refractivity contribution in [2.45, 2.75) is 45.2 Å². The number of Topliss-reactive ketones (excluding diaryl/α,β-unsaturated/α-hetero) is 1. The summed E-state index contributed by atoms with van der Waals surface area (Å²) in [6.45, 7) is 4.07. The van der Waals surface area contributed by atoms with Gasteiger partial charge in [-0.1, -0.05) is 24.3 Å². The molecule has 28 heavy (non-hydrogen) atoms. The van der Waals surface area contributed by atoms with Gasteiger partial charge in [0.05, 0.1) is 6.54 Å². The number of rotatable bonds is 4. The average Bonchev–Trinajstić information content (AvgIpc) is 3.25. The van der Waals surface area contributed by atoms with Crippen LogP contribution in [0.2, 0.25) is 0 Å². The molecule has 2 aromatic carbocycles. The molecule has 144 valence electrons. The predicted octanol–water partition coefficient (Wildman–Crippen LogP) is 3.67. The van der Waals surface area contributed by atoms with E-state index in [9.17, 15) is 9.59 Å². The number of nitrogens with two attached hydrogens (primary N) is 1. The Balaban J connectivity index is 1.64. The lowest BCUT2D eigenvalue weighted by Crippen LogP contribution is -2.47. The highest BCUT2D eigenvalue weighted by atomic mass is 16.2. The van der Waals surface area contributed by atoms with E-state index in [-0.39, 0.29) is 18.2 Å². The summed E-state index contributed by atoms with van der Waals surface area (Å²) in [7, 11) is 0. The Bertz CT molecular complexity index is 970. The van der Waals surface area contributed by atoms with E-state index < -0.39 is 5.66 Å². The molecule has 2 aromatic rings. The molecule has 0 saturated heterocycles. The summed E-state index contributed by atoms with van der Waals surface area (Å²) in [4.78, 5) is 32.8. The molecular weight excluding hydrogens is 350 g/mol. The molecule has 0 bridgehead atoms. The van der Waals surface area contributed by atoms with E-state index in [1.165, 1.54) is 0 Å². The lowest BCUT2D eigenvalue weighted by Gasteiger charge is -2.32. The lowest BCUT2D eigenvalue weighted by atomic mass is 10.0. The van der Waals surface area contributed by atoms with Crippen molar-refractivity contribution in [2.75, 3.05) is 12.3 Å². The number of nitrogen functional groups attached to an aromatic ring is 1. The minimum Gasteiger partial charge on any atom is -0.399 e. The van der Waals surface area contributed by atoms with Gasteiger partial charge in [-0.3, -0.25) is 14.6 Å². The second-order valence-electron chi connectivity index (χ2n) is 7.89. The highest BCUT2D eigenvalue weighted by Gasteiger charge is 2.49. The number of carbonyl (C=O) groups is 2. The van der Waals surface area contributed by atoms with Crippen molar-refractivity contribution in [3.05, 3.63) is 64.7 Å². The molecule has 1 saturated carbocycles. The number of hydrogen-bond donors (Lipinski definition) is 1. The molecule has 2 aliphatic rings. The zero-order valence-corrected chi connectivity index (χ0v) is 16.4. The first kappa shape index (κ1) is 18.4. The SMILES string of the molecule is Cc1ccc(C(=O)CN2C(=O)C(c3ccc(N)cc3)=NC23CCCC3)cc1C. The molecule has 4 rings (SSSR count). The van der Waals surface area contributed by atoms with Gasteiger partial charge >= 0.3 is 0 Å². The van der Waals surface area contributed by atoms with Crippen LogP contribution >= 0.6 is 0 Å². The Morgan fingerprint density at radius 1 is 1.07 bits per heavy atom. The third-order valence-electron chi connectivity index (χ3n) is 5.99. The summed E-state index contributed by atoms with van der Waals surface area (Å²) >= 11 is 0. The molecule has 1 heterocycles. The second kappa shape index (κ2) is 6.89. The molecule has 5 heteroatoms. The van der Waals surface area contributed by atoms with Crippen molar-refractivity contribution in [1.29, 1.82) is 0 Å². The summed E-state index contributed by atoms with van der Waals surface area (Å²) in [6, 6.07) is 12.9. The van der Waals surface area contributed by atoms with Crippen molar-refractivity contribution in [3.8, 4) is 0 Å². The number of amides is 1. The summed E-state index contributed by atoms with van der Waals surface area (Å²) in [5.74, 6) is -0.208. The smallest absolute Gasteiger partial charge is 0.275 e. The molecule has 1 amide bonds. The molecule has 0 radical (unpaired) electrons. The van der Waals surface area contributed by atoms with Gasteiger partial charge in [0.15, 0.2) is 5.78 Å². The topological polar surface area (TPSA) is 75.8 Å². The van der Waals surface area contributed by atoms with E-state index in [2.05, 4.69) is 0 Å². The number of anilines is 1. The fraction of sp³-hybridized carbons (Fsp3) is 0.348. The standard InChI is InChI=1S/C23H25N3O2/c1-15-5-6-18(13-16(15)2)20(27)14-26-22(28)21(17-7-9-19(24)10-8-17)25-23(26)11-3-4-12-23/h5-10,13H,3-4,11-12,14,24H2,1-2H3. The highest BCUT2D eigenvalue weighted by molar-refractivity contribution is 6.47. The zero-order chi connectivity index (χ0) is 19.9. The highest BCUT2D eigenvalue weighted by Crippen LogP contribution is 2.41. The molecular formula is C23H25N3O2. The van der Waals surface area contributed by atoms with Gasteiger partial charge in [0.25, 0.3) is 5.91 Å². The third kappa shape index (κ3) is 3.11. The van der Waals surface area contributed by atoms with Crippen LogP contribution in [0.25, 0.3) is 0 Å². The molecule has 2 N–H and O–H groups in total. The van der Waals surface area contributed by atoms with Crippen LogP contribution in [0.5, 0.6) is 0 Å². The van der Waals surface area contributed by atoms with Crippen LogP contribution in [0.3, 0.4) is 0 Å². The quantitative estimate of drug-likeness (QED) is 0.654. The molecule has 0 unspecified atom stereocenters. The Morgan fingerprint density at radius 2 is 1.75 bits per heavy atom. The van der Waals surface area contributed by atoms with Crippen LogP contribution in [0.15, 0.2) is 47.5 Å². The van der Waals surface area contributed by atoms with E-state index in [4.69, 9.17) is 10.7 Å². The minimum atomic E-state index is -0.580. The number of benzene rings is 2. The molecule has 5 nitrogen and oxygen atoms in total. The Morgan fingerprint density at radius 3 is 2.39 bits per heavy atom. The fourth-order valence-electron chi connectivity index (χ4n) is 4.15. The van der Waals surface area contributed by atoms with Gasteiger partial charge in [-0.05, 0) is 68.9 Å². The summed E-state index contributed by atoms with van der Waals surface area (Å²) in [5.41, 5.74) is 9.91. The molecule has 0 atom stereocenters. The Hall–Kier alpha value is -2.95. The number of ketones is 1. The monoisotopic (exact) mass is 375 g/mol. The summed E-state index contributed by atoms with van der Waals surface area (Å²) < 4.78 is 0. The number of hydrogen-bond acceptors (Lipinski definition) is 4. The first-order chi connectivity index (χ1) is 13.4. The van der Waals surface area contributed by atoms with E-state index >= 15 is 0 Å². The first-order valence-electron chi connectivity index (χ1n) is 9.78. The second-order valence-corrected chi connectivity index (χ2v) is 7.89. The maximum Gasteiger partial charge on any atom is 0.275 e. The van der Waals surface area contributed by atoms with Crippen LogP contribution in [-0.2, 0) is 4.79 Å². The van der Waals surface area contributed by atoms with Crippen molar-refractivity contribution in [1.82, 2.24) is 4.90 Å². The zero-order valence-electron chi connectivity index (χ0n) is 16.4. The maximum atomic E-state index is 13.3. The number of aliphatic imine (C=N–C) groups is 1. The number of aryl methyl sites for hydroxylation is 2. The molecule has 0 aromatic heterocycles. The van der Waals surface area contributed by atoms with Crippen molar-refractivity contribution >= 4 is 23.1 Å². The van der Waals surface area contributed by atoms with E-state index in [1.54, 1.807) is 17.0 Å². The van der Waals surface area contributed by atoms with Crippen LogP contribution in [0.1, 0.15) is 52.7 Å². The molecule has 1 aliphatic carbocycles. The van der Waals surface area contributed by atoms with Crippen molar-refractivity contribution < 1.29 is 9.59 Å². The predicted molar refractivity (Wildman–Crippen MR) is 111 cm³/mol. The molecule has 1 aliphatic heterocycles. The lowest BCUT2D eigenvalue weighted by molar-refractivity contribution is -0.127. The van der Waals surface area contributed by atoms with Crippen molar-refractivity contribution in [3.63, 3.8) is 0 Å². The molecule has 1 fully saturated rings. The minimum absolute atomic E-state index is 0.0449. The van der Waals surface area contributed by atoms with E-state index in [0.717, 1.165) is 42.4 Å². The van der Waals surface area contributed by atoms with Gasteiger partial charge in [0.1, 0.15) is 11.4 Å². The van der Waals surface area contributed by atoms with Crippen LogP contribution in [0.4, 0.5) is 5.69 Å². The number of carbonyl (C=O) groups excluding carboxylic acids is 2. The van der Waals surface area contributed by atoms with Gasteiger partial charge < -0.3 is 10.6 Å². The van der Waals surface area contributed by atoms with E-state index in [1.807, 2.05) is 44.2 Å². The van der Waals surface area contributed by atoms with Crippen molar-refractivity contribution in [2.24, 2.45) is 4.99 Å². The van der Waals surface area contributed by atoms with Gasteiger partial charge in [0, 0.05) is 16.8 Å². The van der Waals surface area contributed by atoms with E-state index in [0.29, 0.717) is 17.0 Å². The average molecular weight is 375 g/mol. The van der Waals surface area contributed by atoms with Crippen LogP contribution in [-0.4, -0.2) is 34.5 Å². The van der Waals surface area contributed by atoms with Gasteiger partial charge in [-0.25, -0.2) is 0 Å². The normalized spacial score (nSPS) is 18.0. The Labute approximate surface area is 165 Å². The van der Waals surface area contributed by atoms with Crippen LogP contribution in [0, 0.1) is 13.8 Å². The third-order valence-corrected chi connectivity index (χ3v) is 5.99. The summed E-state index contributed by atoms with van der Waals surface area (Å²) in [6.07, 6.45) is 3.63. The number of nitrogens with zero attached hydrogens (tertiary/aromatic N) is 2. The molecule has 1 spiro atoms. The van der Waals surface area contributed by atoms with Gasteiger partial charge in [-0.2, -0.15) is 0 Å². The van der Waals surface area contributed by atoms with Gasteiger partial charge in [0.2, 0.25) is 0 Å². The first-order valence-corrected chi connectivity index (χ1v) is 9.78. The van der Waals surface area contributed by atoms with Gasteiger partial charge in [-0.15, -0.1) is 0 Å².